The van der Waals surface area contributed by atoms with Crippen molar-refractivity contribution < 1.29 is 0 Å². The van der Waals surface area contributed by atoms with Crippen LogP contribution in [0.3, 0.4) is 0 Å². The molecule has 0 spiro atoms. The van der Waals surface area contributed by atoms with Gasteiger partial charge in [0.2, 0.25) is 0 Å². The molecule has 0 radical (unpaired) electrons. The zero-order valence-corrected chi connectivity index (χ0v) is 34.2. The molecule has 4 aromatic carbocycles. The molecule has 0 aromatic heterocycles. The maximum absolute atomic E-state index is 6.09. The van der Waals surface area contributed by atoms with E-state index in [1.54, 1.807) is 0 Å². The number of anilines is 2. The Morgan fingerprint density at radius 3 is 1.08 bits per heavy atom. The van der Waals surface area contributed by atoms with E-state index in [1.165, 1.54) is 179 Å². The smallest absolute Gasteiger partial charge is 0.0316 e. The molecule has 4 N–H and O–H groups in total. The van der Waals surface area contributed by atoms with Crippen LogP contribution in [-0.4, -0.2) is 0 Å². The number of hydrogen-bond donors (Lipinski definition) is 2. The molecule has 0 bridgehead atoms. The average molecular weight is 715 g/mol. The molecule has 0 saturated carbocycles. The third kappa shape index (κ3) is 14.7. The van der Waals surface area contributed by atoms with Gasteiger partial charge in [0.05, 0.1) is 0 Å². The first-order chi connectivity index (χ1) is 25.9. The minimum absolute atomic E-state index is 0.460. The van der Waals surface area contributed by atoms with Crippen LogP contribution in [0, 0.1) is 13.8 Å². The van der Waals surface area contributed by atoms with Crippen LogP contribution < -0.4 is 11.5 Å². The van der Waals surface area contributed by atoms with Gasteiger partial charge in [-0.25, -0.2) is 0 Å². The van der Waals surface area contributed by atoms with Crippen LogP contribution >= 0.6 is 0 Å². The normalized spacial score (nSPS) is 12.6. The Kier molecular flexibility index (Phi) is 19.1. The molecule has 2 atom stereocenters. The van der Waals surface area contributed by atoms with Crippen molar-refractivity contribution in [2.45, 2.75) is 174 Å². The van der Waals surface area contributed by atoms with E-state index in [9.17, 15) is 0 Å². The fourth-order valence-corrected chi connectivity index (χ4v) is 8.46. The van der Waals surface area contributed by atoms with Gasteiger partial charge < -0.3 is 11.5 Å². The van der Waals surface area contributed by atoms with E-state index < -0.39 is 0 Å². The summed E-state index contributed by atoms with van der Waals surface area (Å²) < 4.78 is 0. The molecule has 0 aliphatic rings. The zero-order chi connectivity index (χ0) is 37.7. The van der Waals surface area contributed by atoms with E-state index in [0.29, 0.717) is 11.8 Å². The summed E-state index contributed by atoms with van der Waals surface area (Å²) in [4.78, 5) is 0. The van der Waals surface area contributed by atoms with Gasteiger partial charge in [0.25, 0.3) is 0 Å². The van der Waals surface area contributed by atoms with Gasteiger partial charge in [-0.3, -0.25) is 0 Å². The lowest BCUT2D eigenvalue weighted by Gasteiger charge is -2.21. The van der Waals surface area contributed by atoms with Crippen molar-refractivity contribution in [1.82, 2.24) is 0 Å². The molecule has 53 heavy (non-hydrogen) atoms. The molecule has 0 amide bonds. The highest BCUT2D eigenvalue weighted by molar-refractivity contribution is 5.49. The van der Waals surface area contributed by atoms with Gasteiger partial charge in [-0.15, -0.1) is 0 Å². The number of aryl methyl sites for hydroxylation is 4. The second-order valence-electron chi connectivity index (χ2n) is 16.2. The highest BCUT2D eigenvalue weighted by Crippen LogP contribution is 2.35. The largest absolute Gasteiger partial charge is 0.399 e. The highest BCUT2D eigenvalue weighted by atomic mass is 14.5. The monoisotopic (exact) mass is 715 g/mol. The maximum atomic E-state index is 6.09. The summed E-state index contributed by atoms with van der Waals surface area (Å²) >= 11 is 0. The van der Waals surface area contributed by atoms with E-state index in [2.05, 4.69) is 113 Å². The Bertz CT molecular complexity index is 1450. The van der Waals surface area contributed by atoms with Gasteiger partial charge in [-0.1, -0.05) is 171 Å². The third-order valence-electron chi connectivity index (χ3n) is 11.7. The summed E-state index contributed by atoms with van der Waals surface area (Å²) in [6, 6.07) is 32.1. The minimum atomic E-state index is 0.460. The van der Waals surface area contributed by atoms with Gasteiger partial charge in [-0.2, -0.15) is 0 Å². The quantitative estimate of drug-likeness (QED) is 0.0502. The van der Waals surface area contributed by atoms with E-state index in [0.717, 1.165) is 11.4 Å². The van der Waals surface area contributed by atoms with Gasteiger partial charge in [0.15, 0.2) is 0 Å². The summed E-state index contributed by atoms with van der Waals surface area (Å²) in [5.41, 5.74) is 25.3. The molecule has 2 heteroatoms. The second kappa shape index (κ2) is 24.0. The summed E-state index contributed by atoms with van der Waals surface area (Å²) in [5, 5.41) is 0. The number of unbranched alkanes of at least 4 members (excludes halogenated alkanes) is 14. The number of hydrogen-bond acceptors (Lipinski definition) is 2. The van der Waals surface area contributed by atoms with Crippen LogP contribution in [0.2, 0.25) is 0 Å². The van der Waals surface area contributed by atoms with E-state index >= 15 is 0 Å². The molecule has 0 aliphatic heterocycles. The first kappa shape index (κ1) is 42.2. The SMILES string of the molecule is CCCCCCC(c1ccc(CCCCCCCCCCCc2ccc(C(CCCCCC)c3ccc(N)cc3C)cc2)cc1)c1ccc(N)cc1C. The zero-order valence-electron chi connectivity index (χ0n) is 34.2. The Morgan fingerprint density at radius 2 is 0.736 bits per heavy atom. The molecule has 2 unspecified atom stereocenters. The van der Waals surface area contributed by atoms with Gasteiger partial charge in [-0.05, 0) is 121 Å². The van der Waals surface area contributed by atoms with Gasteiger partial charge in [0, 0.05) is 23.2 Å². The van der Waals surface area contributed by atoms with Crippen LogP contribution in [0.15, 0.2) is 84.9 Å². The maximum Gasteiger partial charge on any atom is 0.0316 e. The Hall–Kier alpha value is -3.52. The van der Waals surface area contributed by atoms with E-state index in [1.807, 2.05) is 0 Å². The molecule has 288 valence electrons. The fraction of sp³-hybridized carbons (Fsp3) is 0.529. The summed E-state index contributed by atoms with van der Waals surface area (Å²) in [5.74, 6) is 0.920. The summed E-state index contributed by atoms with van der Waals surface area (Å²) in [7, 11) is 0. The third-order valence-corrected chi connectivity index (χ3v) is 11.7. The van der Waals surface area contributed by atoms with Crippen molar-refractivity contribution >= 4 is 11.4 Å². The van der Waals surface area contributed by atoms with Crippen molar-refractivity contribution in [2.24, 2.45) is 0 Å². The molecule has 0 aliphatic carbocycles. The average Bonchev–Trinajstić information content (AvgIpc) is 3.15. The topological polar surface area (TPSA) is 52.0 Å². The molecule has 0 heterocycles. The predicted molar refractivity (Wildman–Crippen MR) is 234 cm³/mol. The first-order valence-electron chi connectivity index (χ1n) is 21.8. The lowest BCUT2D eigenvalue weighted by atomic mass is 9.84. The van der Waals surface area contributed by atoms with E-state index in [-0.39, 0.29) is 0 Å². The Labute approximate surface area is 325 Å². The van der Waals surface area contributed by atoms with Crippen molar-refractivity contribution in [1.29, 1.82) is 0 Å². The number of benzene rings is 4. The lowest BCUT2D eigenvalue weighted by Crippen LogP contribution is -2.05. The predicted octanol–water partition coefficient (Wildman–Crippen LogP) is 15.0. The number of nitrogens with two attached hydrogens (primary N) is 2. The van der Waals surface area contributed by atoms with E-state index in [4.69, 9.17) is 11.5 Å². The number of nitrogen functional groups attached to an aromatic ring is 2. The van der Waals surface area contributed by atoms with Crippen molar-refractivity contribution in [3.63, 3.8) is 0 Å². The standard InChI is InChI=1S/C51H74N2/c1-5-7-9-20-24-50(48-36-34-46(52)38-40(48)3)44-30-26-42(27-31-44)22-18-16-14-12-11-13-15-17-19-23-43-28-32-45(33-29-43)51(25-21-10-8-6-2)49-37-35-47(53)39-41(49)4/h26-39,50-51H,5-25,52-53H2,1-4H3. The van der Waals surface area contributed by atoms with Crippen LogP contribution in [0.4, 0.5) is 11.4 Å². The fourth-order valence-electron chi connectivity index (χ4n) is 8.46. The first-order valence-corrected chi connectivity index (χ1v) is 21.8. The van der Waals surface area contributed by atoms with Crippen LogP contribution in [0.25, 0.3) is 0 Å². The molecule has 4 aromatic rings. The van der Waals surface area contributed by atoms with Crippen molar-refractivity contribution in [3.8, 4) is 0 Å². The van der Waals surface area contributed by atoms with Crippen LogP contribution in [-0.2, 0) is 12.8 Å². The van der Waals surface area contributed by atoms with Gasteiger partial charge >= 0.3 is 0 Å². The molecule has 4 rings (SSSR count). The Morgan fingerprint density at radius 1 is 0.396 bits per heavy atom. The molecule has 0 saturated heterocycles. The summed E-state index contributed by atoms with van der Waals surface area (Å²) in [6.07, 6.45) is 27.4. The lowest BCUT2D eigenvalue weighted by molar-refractivity contribution is 0.558. The molecular formula is C51H74N2. The molecular weight excluding hydrogens is 641 g/mol. The Balaban J connectivity index is 1.10. The highest BCUT2D eigenvalue weighted by Gasteiger charge is 2.18. The van der Waals surface area contributed by atoms with Crippen molar-refractivity contribution in [3.05, 3.63) is 129 Å². The van der Waals surface area contributed by atoms with Gasteiger partial charge in [0.1, 0.15) is 0 Å². The molecule has 2 nitrogen and oxygen atoms in total. The molecule has 0 fully saturated rings. The van der Waals surface area contributed by atoms with Crippen molar-refractivity contribution in [2.75, 3.05) is 11.5 Å². The number of rotatable bonds is 26. The van der Waals surface area contributed by atoms with Crippen LogP contribution in [0.1, 0.15) is 192 Å². The van der Waals surface area contributed by atoms with Crippen LogP contribution in [0.5, 0.6) is 0 Å². The summed E-state index contributed by atoms with van der Waals surface area (Å²) in [6.45, 7) is 9.02. The second-order valence-corrected chi connectivity index (χ2v) is 16.2. The minimum Gasteiger partial charge on any atom is -0.399 e.